The van der Waals surface area contributed by atoms with Crippen molar-refractivity contribution < 1.29 is 9.59 Å². The first kappa shape index (κ1) is 17.9. The molecule has 2 aromatic rings. The number of nitrogens with one attached hydrogen (secondary N) is 1. The standard InChI is InChI=1S/C20H24N4O2/c1-15(2)17-5-3-4-6-18(17)22-16-7-8-19(21-13-16)20(26)24-11-9-23(14-25)10-12-24/h3-8,13-15,22H,9-12H2,1-2H3. The second-order valence-electron chi connectivity index (χ2n) is 6.73. The molecule has 6 heteroatoms. The van der Waals surface area contributed by atoms with Crippen molar-refractivity contribution in [2.45, 2.75) is 19.8 Å². The van der Waals surface area contributed by atoms with Crippen LogP contribution >= 0.6 is 0 Å². The highest BCUT2D eigenvalue weighted by atomic mass is 16.2. The number of amides is 2. The lowest BCUT2D eigenvalue weighted by atomic mass is 10.0. The lowest BCUT2D eigenvalue weighted by Crippen LogP contribution is -2.48. The number of carbonyl (C=O) groups is 2. The van der Waals surface area contributed by atoms with E-state index in [2.05, 4.69) is 30.2 Å². The molecule has 1 aromatic carbocycles. The largest absolute Gasteiger partial charge is 0.354 e. The van der Waals surface area contributed by atoms with Gasteiger partial charge in [0.05, 0.1) is 11.9 Å². The summed E-state index contributed by atoms with van der Waals surface area (Å²) in [6.07, 6.45) is 2.52. The fourth-order valence-electron chi connectivity index (χ4n) is 3.06. The van der Waals surface area contributed by atoms with E-state index in [-0.39, 0.29) is 5.91 Å². The number of rotatable bonds is 5. The van der Waals surface area contributed by atoms with E-state index < -0.39 is 0 Å². The van der Waals surface area contributed by atoms with Gasteiger partial charge in [0.2, 0.25) is 6.41 Å². The summed E-state index contributed by atoms with van der Waals surface area (Å²) >= 11 is 0. The van der Waals surface area contributed by atoms with Crippen LogP contribution < -0.4 is 5.32 Å². The molecule has 0 radical (unpaired) electrons. The van der Waals surface area contributed by atoms with Crippen molar-refractivity contribution in [3.63, 3.8) is 0 Å². The molecule has 3 rings (SSSR count). The molecule has 0 spiro atoms. The van der Waals surface area contributed by atoms with Crippen LogP contribution in [0, 0.1) is 0 Å². The van der Waals surface area contributed by atoms with E-state index in [1.165, 1.54) is 5.56 Å². The van der Waals surface area contributed by atoms with Gasteiger partial charge in [0.15, 0.2) is 0 Å². The van der Waals surface area contributed by atoms with Gasteiger partial charge in [-0.05, 0) is 29.7 Å². The van der Waals surface area contributed by atoms with Gasteiger partial charge in [-0.25, -0.2) is 4.98 Å². The Labute approximate surface area is 153 Å². The monoisotopic (exact) mass is 352 g/mol. The Hall–Kier alpha value is -2.89. The number of pyridine rings is 1. The van der Waals surface area contributed by atoms with Gasteiger partial charge in [-0.2, -0.15) is 0 Å². The van der Waals surface area contributed by atoms with Crippen molar-refractivity contribution >= 4 is 23.7 Å². The van der Waals surface area contributed by atoms with Crippen LogP contribution in [0.4, 0.5) is 11.4 Å². The zero-order chi connectivity index (χ0) is 18.5. The van der Waals surface area contributed by atoms with Crippen molar-refractivity contribution in [3.8, 4) is 0 Å². The summed E-state index contributed by atoms with van der Waals surface area (Å²) in [5.74, 6) is 0.322. The number of benzene rings is 1. The molecule has 2 amide bonds. The summed E-state index contributed by atoms with van der Waals surface area (Å²) in [7, 11) is 0. The van der Waals surface area contributed by atoms with E-state index in [0.29, 0.717) is 37.8 Å². The number of hydrogen-bond acceptors (Lipinski definition) is 4. The summed E-state index contributed by atoms with van der Waals surface area (Å²) in [5.41, 5.74) is 3.56. The minimum atomic E-state index is -0.0929. The van der Waals surface area contributed by atoms with Crippen LogP contribution in [-0.2, 0) is 4.79 Å². The van der Waals surface area contributed by atoms with Crippen molar-refractivity contribution in [2.75, 3.05) is 31.5 Å². The molecule has 0 aliphatic carbocycles. The zero-order valence-corrected chi connectivity index (χ0v) is 15.2. The van der Waals surface area contributed by atoms with E-state index in [1.54, 1.807) is 22.1 Å². The number of para-hydroxylation sites is 1. The molecular weight excluding hydrogens is 328 g/mol. The number of nitrogens with zero attached hydrogens (tertiary/aromatic N) is 3. The van der Waals surface area contributed by atoms with Crippen molar-refractivity contribution in [2.24, 2.45) is 0 Å². The molecule has 26 heavy (non-hydrogen) atoms. The Morgan fingerprint density at radius 3 is 2.46 bits per heavy atom. The molecule has 1 saturated heterocycles. The van der Waals surface area contributed by atoms with E-state index in [9.17, 15) is 9.59 Å². The minimum absolute atomic E-state index is 0.0929. The number of aromatic nitrogens is 1. The molecule has 6 nitrogen and oxygen atoms in total. The zero-order valence-electron chi connectivity index (χ0n) is 15.2. The second-order valence-corrected chi connectivity index (χ2v) is 6.73. The first-order valence-electron chi connectivity index (χ1n) is 8.89. The molecule has 0 atom stereocenters. The third-order valence-corrected chi connectivity index (χ3v) is 4.59. The van der Waals surface area contributed by atoms with Gasteiger partial charge in [0.1, 0.15) is 5.69 Å². The van der Waals surface area contributed by atoms with E-state index in [1.807, 2.05) is 24.3 Å². The first-order valence-corrected chi connectivity index (χ1v) is 8.89. The van der Waals surface area contributed by atoms with Gasteiger partial charge in [-0.1, -0.05) is 32.0 Å². The minimum Gasteiger partial charge on any atom is -0.354 e. The van der Waals surface area contributed by atoms with Gasteiger partial charge >= 0.3 is 0 Å². The Kier molecular flexibility index (Phi) is 5.51. The molecular formula is C20H24N4O2. The highest BCUT2D eigenvalue weighted by Crippen LogP contribution is 2.26. The molecule has 0 saturated carbocycles. The SMILES string of the molecule is CC(C)c1ccccc1Nc1ccc(C(=O)N2CCN(C=O)CC2)nc1. The maximum atomic E-state index is 12.5. The van der Waals surface area contributed by atoms with Crippen LogP contribution in [0.3, 0.4) is 0 Å². The van der Waals surface area contributed by atoms with Gasteiger partial charge in [0.25, 0.3) is 5.91 Å². The van der Waals surface area contributed by atoms with E-state index >= 15 is 0 Å². The fourth-order valence-corrected chi connectivity index (χ4v) is 3.06. The smallest absolute Gasteiger partial charge is 0.272 e. The van der Waals surface area contributed by atoms with Crippen LogP contribution in [0.5, 0.6) is 0 Å². The third kappa shape index (κ3) is 4.02. The van der Waals surface area contributed by atoms with E-state index in [4.69, 9.17) is 0 Å². The van der Waals surface area contributed by atoms with Crippen LogP contribution in [0.1, 0.15) is 35.8 Å². The molecule has 1 fully saturated rings. The van der Waals surface area contributed by atoms with Crippen LogP contribution in [0.15, 0.2) is 42.6 Å². The summed E-state index contributed by atoms with van der Waals surface area (Å²) in [4.78, 5) is 31.1. The Morgan fingerprint density at radius 2 is 1.85 bits per heavy atom. The fraction of sp³-hybridized carbons (Fsp3) is 0.350. The van der Waals surface area contributed by atoms with Crippen LogP contribution in [0.2, 0.25) is 0 Å². The molecule has 0 bridgehead atoms. The Morgan fingerprint density at radius 1 is 1.12 bits per heavy atom. The molecule has 1 aromatic heterocycles. The van der Waals surface area contributed by atoms with Crippen LogP contribution in [-0.4, -0.2) is 53.3 Å². The van der Waals surface area contributed by atoms with Gasteiger partial charge in [0, 0.05) is 31.9 Å². The predicted molar refractivity (Wildman–Crippen MR) is 102 cm³/mol. The van der Waals surface area contributed by atoms with Crippen molar-refractivity contribution in [1.29, 1.82) is 0 Å². The van der Waals surface area contributed by atoms with Crippen molar-refractivity contribution in [1.82, 2.24) is 14.8 Å². The number of piperazine rings is 1. The number of anilines is 2. The predicted octanol–water partition coefficient (Wildman–Crippen LogP) is 2.86. The quantitative estimate of drug-likeness (QED) is 0.841. The highest BCUT2D eigenvalue weighted by molar-refractivity contribution is 5.92. The average Bonchev–Trinajstić information content (AvgIpc) is 2.68. The topological polar surface area (TPSA) is 65.5 Å². The summed E-state index contributed by atoms with van der Waals surface area (Å²) in [5, 5.41) is 3.38. The van der Waals surface area contributed by atoms with Gasteiger partial charge < -0.3 is 15.1 Å². The maximum absolute atomic E-state index is 12.5. The summed E-state index contributed by atoms with van der Waals surface area (Å²) in [6.45, 7) is 6.54. The highest BCUT2D eigenvalue weighted by Gasteiger charge is 2.22. The third-order valence-electron chi connectivity index (χ3n) is 4.59. The summed E-state index contributed by atoms with van der Waals surface area (Å²) < 4.78 is 0. The molecule has 0 unspecified atom stereocenters. The molecule has 1 aliphatic heterocycles. The summed E-state index contributed by atoms with van der Waals surface area (Å²) in [6, 6.07) is 11.8. The van der Waals surface area contributed by atoms with Gasteiger partial charge in [-0.3, -0.25) is 9.59 Å². The Bertz CT molecular complexity index is 766. The van der Waals surface area contributed by atoms with Crippen LogP contribution in [0.25, 0.3) is 0 Å². The first-order chi connectivity index (χ1) is 12.6. The molecule has 1 N–H and O–H groups in total. The maximum Gasteiger partial charge on any atom is 0.272 e. The lowest BCUT2D eigenvalue weighted by molar-refractivity contribution is -0.119. The van der Waals surface area contributed by atoms with Gasteiger partial charge in [-0.15, -0.1) is 0 Å². The average molecular weight is 352 g/mol. The Balaban J connectivity index is 1.67. The van der Waals surface area contributed by atoms with Crippen molar-refractivity contribution in [3.05, 3.63) is 53.9 Å². The molecule has 1 aliphatic rings. The second kappa shape index (κ2) is 7.99. The lowest BCUT2D eigenvalue weighted by Gasteiger charge is -2.32. The molecule has 2 heterocycles. The van der Waals surface area contributed by atoms with E-state index in [0.717, 1.165) is 17.8 Å². The number of carbonyl (C=O) groups excluding carboxylic acids is 2. The molecule has 136 valence electrons. The number of hydrogen-bond donors (Lipinski definition) is 1. The normalized spacial score (nSPS) is 14.4.